The second kappa shape index (κ2) is 9.34. The van der Waals surface area contributed by atoms with Gasteiger partial charge in [0, 0.05) is 35.8 Å². The van der Waals surface area contributed by atoms with Gasteiger partial charge in [-0.1, -0.05) is 29.8 Å². The zero-order valence-corrected chi connectivity index (χ0v) is 16.7. The average Bonchev–Trinajstić information content (AvgIpc) is 2.73. The van der Waals surface area contributed by atoms with Gasteiger partial charge in [-0.25, -0.2) is 0 Å². The highest BCUT2D eigenvalue weighted by Gasteiger charge is 2.30. The SMILES string of the molecule is O=C(NC1CCN(C(=O)/C=C/c2cc(C(F)(F)F)ccc2Cl)CC1)c1ccccc1. The van der Waals surface area contributed by atoms with Gasteiger partial charge >= 0.3 is 6.18 Å². The minimum atomic E-state index is -4.48. The molecule has 2 aromatic carbocycles. The molecule has 1 N–H and O–H groups in total. The monoisotopic (exact) mass is 436 g/mol. The van der Waals surface area contributed by atoms with Crippen molar-refractivity contribution >= 4 is 29.5 Å². The predicted molar refractivity (Wildman–Crippen MR) is 109 cm³/mol. The van der Waals surface area contributed by atoms with E-state index in [4.69, 9.17) is 11.6 Å². The topological polar surface area (TPSA) is 49.4 Å². The Morgan fingerprint density at radius 3 is 2.37 bits per heavy atom. The van der Waals surface area contributed by atoms with Gasteiger partial charge in [0.25, 0.3) is 5.91 Å². The number of piperidine rings is 1. The third-order valence-corrected chi connectivity index (χ3v) is 5.25. The first-order valence-corrected chi connectivity index (χ1v) is 9.81. The zero-order valence-electron chi connectivity index (χ0n) is 16.0. The van der Waals surface area contributed by atoms with Crippen LogP contribution in [0.5, 0.6) is 0 Å². The Hall–Kier alpha value is -2.80. The molecule has 0 unspecified atom stereocenters. The lowest BCUT2D eigenvalue weighted by Gasteiger charge is -2.31. The summed E-state index contributed by atoms with van der Waals surface area (Å²) in [6.07, 6.45) is -0.762. The molecular formula is C22H20ClF3N2O2. The number of nitrogens with zero attached hydrogens (tertiary/aromatic N) is 1. The fraction of sp³-hybridized carbons (Fsp3) is 0.273. The highest BCUT2D eigenvalue weighted by Crippen LogP contribution is 2.32. The van der Waals surface area contributed by atoms with Crippen molar-refractivity contribution in [3.63, 3.8) is 0 Å². The second-order valence-corrected chi connectivity index (χ2v) is 7.41. The van der Waals surface area contributed by atoms with Gasteiger partial charge in [-0.15, -0.1) is 0 Å². The number of amides is 2. The van der Waals surface area contributed by atoms with Gasteiger partial charge in [-0.2, -0.15) is 13.2 Å². The van der Waals surface area contributed by atoms with E-state index in [-0.39, 0.29) is 28.4 Å². The van der Waals surface area contributed by atoms with E-state index in [1.54, 1.807) is 29.2 Å². The quantitative estimate of drug-likeness (QED) is 0.700. The van der Waals surface area contributed by atoms with Crippen LogP contribution in [-0.2, 0) is 11.0 Å². The van der Waals surface area contributed by atoms with Gasteiger partial charge in [-0.3, -0.25) is 9.59 Å². The van der Waals surface area contributed by atoms with E-state index in [1.807, 2.05) is 6.07 Å². The number of carbonyl (C=O) groups excluding carboxylic acids is 2. The van der Waals surface area contributed by atoms with E-state index < -0.39 is 11.7 Å². The van der Waals surface area contributed by atoms with Gasteiger partial charge in [0.1, 0.15) is 0 Å². The molecule has 4 nitrogen and oxygen atoms in total. The summed E-state index contributed by atoms with van der Waals surface area (Å²) in [4.78, 5) is 26.2. The van der Waals surface area contributed by atoms with Crippen LogP contribution in [-0.4, -0.2) is 35.8 Å². The van der Waals surface area contributed by atoms with E-state index in [2.05, 4.69) is 5.32 Å². The number of nitrogens with one attached hydrogen (secondary N) is 1. The minimum Gasteiger partial charge on any atom is -0.349 e. The molecule has 0 bridgehead atoms. The Balaban J connectivity index is 1.55. The largest absolute Gasteiger partial charge is 0.416 e. The molecule has 30 heavy (non-hydrogen) atoms. The van der Waals surface area contributed by atoms with Crippen LogP contribution in [0, 0.1) is 0 Å². The summed E-state index contributed by atoms with van der Waals surface area (Å²) in [6.45, 7) is 0.887. The molecule has 0 aromatic heterocycles. The van der Waals surface area contributed by atoms with Crippen LogP contribution in [0.25, 0.3) is 6.08 Å². The molecule has 8 heteroatoms. The summed E-state index contributed by atoms with van der Waals surface area (Å²) < 4.78 is 38.6. The maximum absolute atomic E-state index is 12.9. The third kappa shape index (κ3) is 5.63. The van der Waals surface area contributed by atoms with Crippen LogP contribution in [0.2, 0.25) is 5.02 Å². The number of hydrogen-bond acceptors (Lipinski definition) is 2. The molecule has 2 amide bonds. The molecule has 0 aliphatic carbocycles. The van der Waals surface area contributed by atoms with Crippen LogP contribution in [0.4, 0.5) is 13.2 Å². The summed E-state index contributed by atoms with van der Waals surface area (Å²) in [6, 6.07) is 11.8. The molecular weight excluding hydrogens is 417 g/mol. The highest BCUT2D eigenvalue weighted by atomic mass is 35.5. The lowest BCUT2D eigenvalue weighted by Crippen LogP contribution is -2.46. The molecule has 1 fully saturated rings. The fourth-order valence-electron chi connectivity index (χ4n) is 3.22. The molecule has 1 saturated heterocycles. The van der Waals surface area contributed by atoms with Crippen LogP contribution in [0.1, 0.15) is 34.3 Å². The van der Waals surface area contributed by atoms with Gasteiger partial charge < -0.3 is 10.2 Å². The molecule has 0 atom stereocenters. The van der Waals surface area contributed by atoms with E-state index in [1.165, 1.54) is 12.2 Å². The summed E-state index contributed by atoms with van der Waals surface area (Å²) in [5.74, 6) is -0.462. The second-order valence-electron chi connectivity index (χ2n) is 7.01. The first-order chi connectivity index (χ1) is 14.2. The van der Waals surface area contributed by atoms with Gasteiger partial charge in [0.15, 0.2) is 0 Å². The molecule has 158 valence electrons. The van der Waals surface area contributed by atoms with Crippen molar-refractivity contribution in [3.8, 4) is 0 Å². The summed E-state index contributed by atoms with van der Waals surface area (Å²) >= 11 is 5.95. The van der Waals surface area contributed by atoms with Crippen molar-refractivity contribution in [1.29, 1.82) is 0 Å². The van der Waals surface area contributed by atoms with Crippen molar-refractivity contribution in [2.75, 3.05) is 13.1 Å². The van der Waals surface area contributed by atoms with Crippen LogP contribution in [0.15, 0.2) is 54.6 Å². The van der Waals surface area contributed by atoms with E-state index in [0.29, 0.717) is 31.5 Å². The average molecular weight is 437 g/mol. The normalized spacial score (nSPS) is 15.4. The Kier molecular flexibility index (Phi) is 6.82. The Morgan fingerprint density at radius 1 is 1.07 bits per heavy atom. The van der Waals surface area contributed by atoms with Gasteiger partial charge in [0.05, 0.1) is 5.56 Å². The van der Waals surface area contributed by atoms with E-state index >= 15 is 0 Å². The minimum absolute atomic E-state index is 0.0383. The van der Waals surface area contributed by atoms with Crippen molar-refractivity contribution in [3.05, 3.63) is 76.3 Å². The molecule has 1 aliphatic rings. The molecule has 3 rings (SSSR count). The number of carbonyl (C=O) groups is 2. The number of rotatable bonds is 4. The van der Waals surface area contributed by atoms with Crippen molar-refractivity contribution in [2.24, 2.45) is 0 Å². The maximum Gasteiger partial charge on any atom is 0.416 e. The van der Waals surface area contributed by atoms with Gasteiger partial charge in [0.2, 0.25) is 5.91 Å². The van der Waals surface area contributed by atoms with E-state index in [0.717, 1.165) is 18.2 Å². The molecule has 0 spiro atoms. The smallest absolute Gasteiger partial charge is 0.349 e. The third-order valence-electron chi connectivity index (χ3n) is 4.91. The zero-order chi connectivity index (χ0) is 21.7. The number of likely N-dealkylation sites (tertiary alicyclic amines) is 1. The highest BCUT2D eigenvalue weighted by molar-refractivity contribution is 6.32. The van der Waals surface area contributed by atoms with Crippen LogP contribution < -0.4 is 5.32 Å². The molecule has 2 aromatic rings. The lowest BCUT2D eigenvalue weighted by molar-refractivity contribution is -0.137. The maximum atomic E-state index is 12.9. The Labute approximate surface area is 177 Å². The number of alkyl halides is 3. The number of benzene rings is 2. The molecule has 0 saturated carbocycles. The number of halogens is 4. The van der Waals surface area contributed by atoms with Gasteiger partial charge in [-0.05, 0) is 54.8 Å². The van der Waals surface area contributed by atoms with Crippen LogP contribution in [0.3, 0.4) is 0 Å². The number of hydrogen-bond donors (Lipinski definition) is 1. The molecule has 0 radical (unpaired) electrons. The molecule has 1 heterocycles. The molecule has 1 aliphatic heterocycles. The summed E-state index contributed by atoms with van der Waals surface area (Å²) in [7, 11) is 0. The van der Waals surface area contributed by atoms with Crippen molar-refractivity contribution in [1.82, 2.24) is 10.2 Å². The first kappa shape index (κ1) is 21.9. The van der Waals surface area contributed by atoms with Crippen molar-refractivity contribution < 1.29 is 22.8 Å². The lowest BCUT2D eigenvalue weighted by atomic mass is 10.0. The Bertz CT molecular complexity index is 937. The van der Waals surface area contributed by atoms with Crippen LogP contribution >= 0.6 is 11.6 Å². The standard InChI is InChI=1S/C22H20ClF3N2O2/c23-19-8-7-17(22(24,25)26)14-16(19)6-9-20(29)28-12-10-18(11-13-28)27-21(30)15-4-2-1-3-5-15/h1-9,14,18H,10-13H2,(H,27,30)/b9-6+. The fourth-order valence-corrected chi connectivity index (χ4v) is 3.40. The predicted octanol–water partition coefficient (Wildman–Crippen LogP) is 4.79. The summed E-state index contributed by atoms with van der Waals surface area (Å²) in [5.41, 5.74) is -0.115. The van der Waals surface area contributed by atoms with Crippen molar-refractivity contribution in [2.45, 2.75) is 25.1 Å². The summed E-state index contributed by atoms with van der Waals surface area (Å²) in [5, 5.41) is 3.10. The Morgan fingerprint density at radius 2 is 1.73 bits per heavy atom. The van der Waals surface area contributed by atoms with E-state index in [9.17, 15) is 22.8 Å². The first-order valence-electron chi connectivity index (χ1n) is 9.43.